The molecule has 2 aromatic rings. The Morgan fingerprint density at radius 2 is 2.15 bits per heavy atom. The van der Waals surface area contributed by atoms with E-state index in [1.54, 1.807) is 12.1 Å². The van der Waals surface area contributed by atoms with Crippen LogP contribution in [0, 0.1) is 0 Å². The second-order valence-electron chi connectivity index (χ2n) is 2.75. The minimum Gasteiger partial charge on any atom is -0.464 e. The van der Waals surface area contributed by atoms with Crippen LogP contribution >= 0.6 is 0 Å². The fourth-order valence-electron chi connectivity index (χ4n) is 1.24. The minimum absolute atomic E-state index is 0.0154. The van der Waals surface area contributed by atoms with Gasteiger partial charge in [-0.2, -0.15) is 0 Å². The lowest BCUT2D eigenvalue weighted by Crippen LogP contribution is -1.98. The highest BCUT2D eigenvalue weighted by atomic mass is 16.3. The molecule has 13 heavy (non-hydrogen) atoms. The van der Waals surface area contributed by atoms with Crippen LogP contribution in [0.4, 0.5) is 5.69 Å². The normalized spacial score (nSPS) is 10.2. The molecular formula is C10H9NO2. The Bertz CT molecular complexity index is 487. The van der Waals surface area contributed by atoms with E-state index in [2.05, 4.69) is 5.32 Å². The standard InChI is InChI=1S/C10H9NO2/c1-11-7-2-3-10-8(6-7)9(12)4-5-13-10/h2-6,11H,1H3. The third kappa shape index (κ3) is 1.28. The molecule has 0 amide bonds. The summed E-state index contributed by atoms with van der Waals surface area (Å²) in [5.41, 5.74) is 1.51. The predicted molar refractivity (Wildman–Crippen MR) is 52.0 cm³/mol. The zero-order chi connectivity index (χ0) is 9.26. The van der Waals surface area contributed by atoms with E-state index in [0.717, 1.165) is 5.69 Å². The molecule has 66 valence electrons. The Balaban J connectivity index is 2.82. The fourth-order valence-corrected chi connectivity index (χ4v) is 1.24. The number of hydrogen-bond donors (Lipinski definition) is 1. The van der Waals surface area contributed by atoms with Gasteiger partial charge in [-0.05, 0) is 18.2 Å². The van der Waals surface area contributed by atoms with Gasteiger partial charge < -0.3 is 9.73 Å². The summed E-state index contributed by atoms with van der Waals surface area (Å²) in [6.45, 7) is 0. The quantitative estimate of drug-likeness (QED) is 0.719. The van der Waals surface area contributed by atoms with Gasteiger partial charge in [0, 0.05) is 18.8 Å². The summed E-state index contributed by atoms with van der Waals surface area (Å²) in [4.78, 5) is 11.4. The van der Waals surface area contributed by atoms with Crippen LogP contribution in [0.15, 0.2) is 39.7 Å². The molecule has 0 bridgehead atoms. The molecule has 0 atom stereocenters. The van der Waals surface area contributed by atoms with E-state index >= 15 is 0 Å². The summed E-state index contributed by atoms with van der Waals surface area (Å²) in [5.74, 6) is 0. The molecule has 0 aliphatic heterocycles. The third-order valence-corrected chi connectivity index (χ3v) is 1.95. The van der Waals surface area contributed by atoms with Gasteiger partial charge in [0.25, 0.3) is 0 Å². The van der Waals surface area contributed by atoms with E-state index < -0.39 is 0 Å². The molecule has 0 radical (unpaired) electrons. The Morgan fingerprint density at radius 1 is 1.31 bits per heavy atom. The maximum absolute atomic E-state index is 11.4. The highest BCUT2D eigenvalue weighted by Gasteiger charge is 1.99. The summed E-state index contributed by atoms with van der Waals surface area (Å²) >= 11 is 0. The van der Waals surface area contributed by atoms with Gasteiger partial charge in [-0.3, -0.25) is 4.79 Å². The summed E-state index contributed by atoms with van der Waals surface area (Å²) in [7, 11) is 1.81. The highest BCUT2D eigenvalue weighted by Crippen LogP contribution is 2.14. The van der Waals surface area contributed by atoms with Crippen molar-refractivity contribution in [2.45, 2.75) is 0 Å². The largest absolute Gasteiger partial charge is 0.464 e. The Morgan fingerprint density at radius 3 is 2.92 bits per heavy atom. The number of benzene rings is 1. The maximum Gasteiger partial charge on any atom is 0.192 e. The lowest BCUT2D eigenvalue weighted by atomic mass is 10.2. The Labute approximate surface area is 75.0 Å². The molecule has 0 saturated carbocycles. The van der Waals surface area contributed by atoms with Gasteiger partial charge in [-0.15, -0.1) is 0 Å². The first-order valence-electron chi connectivity index (χ1n) is 4.00. The van der Waals surface area contributed by atoms with Crippen LogP contribution < -0.4 is 10.7 Å². The molecule has 0 spiro atoms. The van der Waals surface area contributed by atoms with Crippen molar-refractivity contribution in [2.24, 2.45) is 0 Å². The average molecular weight is 175 g/mol. The molecule has 0 aliphatic carbocycles. The lowest BCUT2D eigenvalue weighted by molar-refractivity contribution is 0.602. The monoisotopic (exact) mass is 175 g/mol. The number of rotatable bonds is 1. The predicted octanol–water partition coefficient (Wildman–Crippen LogP) is 1.83. The van der Waals surface area contributed by atoms with Crippen molar-refractivity contribution in [2.75, 3.05) is 12.4 Å². The van der Waals surface area contributed by atoms with Crippen molar-refractivity contribution in [3.63, 3.8) is 0 Å². The first kappa shape index (κ1) is 7.86. The van der Waals surface area contributed by atoms with Crippen LogP contribution in [0.2, 0.25) is 0 Å². The average Bonchev–Trinajstić information content (AvgIpc) is 2.18. The van der Waals surface area contributed by atoms with E-state index in [9.17, 15) is 4.79 Å². The van der Waals surface area contributed by atoms with Crippen LogP contribution in [0.25, 0.3) is 11.0 Å². The van der Waals surface area contributed by atoms with Crippen LogP contribution in [-0.4, -0.2) is 7.05 Å². The third-order valence-electron chi connectivity index (χ3n) is 1.95. The summed E-state index contributed by atoms with van der Waals surface area (Å²) < 4.78 is 5.16. The molecule has 2 rings (SSSR count). The SMILES string of the molecule is CNc1ccc2occc(=O)c2c1. The lowest BCUT2D eigenvalue weighted by Gasteiger charge is -2.00. The summed E-state index contributed by atoms with van der Waals surface area (Å²) in [6.07, 6.45) is 1.41. The molecule has 1 aromatic heterocycles. The van der Waals surface area contributed by atoms with Gasteiger partial charge in [0.2, 0.25) is 0 Å². The molecule has 1 aromatic carbocycles. The second kappa shape index (κ2) is 2.94. The number of anilines is 1. The van der Waals surface area contributed by atoms with Gasteiger partial charge in [0.15, 0.2) is 5.43 Å². The first-order chi connectivity index (χ1) is 6.31. The van der Waals surface area contributed by atoms with Crippen molar-refractivity contribution in [3.05, 3.63) is 40.8 Å². The van der Waals surface area contributed by atoms with Crippen LogP contribution in [0.1, 0.15) is 0 Å². The van der Waals surface area contributed by atoms with Gasteiger partial charge in [0.05, 0.1) is 11.6 Å². The molecule has 0 aliphatic rings. The molecule has 0 unspecified atom stereocenters. The van der Waals surface area contributed by atoms with Crippen molar-refractivity contribution in [3.8, 4) is 0 Å². The van der Waals surface area contributed by atoms with E-state index in [1.165, 1.54) is 12.3 Å². The summed E-state index contributed by atoms with van der Waals surface area (Å²) in [6, 6.07) is 6.84. The van der Waals surface area contributed by atoms with E-state index in [4.69, 9.17) is 4.42 Å². The summed E-state index contributed by atoms with van der Waals surface area (Å²) in [5, 5.41) is 3.57. The maximum atomic E-state index is 11.4. The van der Waals surface area contributed by atoms with Crippen molar-refractivity contribution in [1.82, 2.24) is 0 Å². The molecular weight excluding hydrogens is 166 g/mol. The van der Waals surface area contributed by atoms with Crippen LogP contribution in [0.5, 0.6) is 0 Å². The van der Waals surface area contributed by atoms with Crippen LogP contribution in [-0.2, 0) is 0 Å². The first-order valence-corrected chi connectivity index (χ1v) is 4.00. The van der Waals surface area contributed by atoms with Crippen LogP contribution in [0.3, 0.4) is 0 Å². The zero-order valence-corrected chi connectivity index (χ0v) is 7.20. The number of hydrogen-bond acceptors (Lipinski definition) is 3. The van der Waals surface area contributed by atoms with Gasteiger partial charge in [0.1, 0.15) is 5.58 Å². The van der Waals surface area contributed by atoms with E-state index in [-0.39, 0.29) is 5.43 Å². The molecule has 3 heteroatoms. The van der Waals surface area contributed by atoms with E-state index in [1.807, 2.05) is 13.1 Å². The van der Waals surface area contributed by atoms with Crippen molar-refractivity contribution < 1.29 is 4.42 Å². The molecule has 1 heterocycles. The molecule has 0 saturated heterocycles. The fraction of sp³-hybridized carbons (Fsp3) is 0.100. The number of nitrogens with one attached hydrogen (secondary N) is 1. The van der Waals surface area contributed by atoms with Gasteiger partial charge in [-0.1, -0.05) is 0 Å². The molecule has 0 fully saturated rings. The zero-order valence-electron chi connectivity index (χ0n) is 7.20. The highest BCUT2D eigenvalue weighted by molar-refractivity contribution is 5.80. The second-order valence-corrected chi connectivity index (χ2v) is 2.75. The Hall–Kier alpha value is -1.77. The smallest absolute Gasteiger partial charge is 0.192 e. The van der Waals surface area contributed by atoms with Gasteiger partial charge >= 0.3 is 0 Å². The minimum atomic E-state index is -0.0154. The van der Waals surface area contributed by atoms with Crippen molar-refractivity contribution in [1.29, 1.82) is 0 Å². The number of fused-ring (bicyclic) bond motifs is 1. The topological polar surface area (TPSA) is 42.2 Å². The Kier molecular flexibility index (Phi) is 1.77. The molecule has 1 N–H and O–H groups in total. The molecule has 3 nitrogen and oxygen atoms in total. The van der Waals surface area contributed by atoms with Gasteiger partial charge in [-0.25, -0.2) is 0 Å². The van der Waals surface area contributed by atoms with Crippen molar-refractivity contribution >= 4 is 16.7 Å². The van der Waals surface area contributed by atoms with E-state index in [0.29, 0.717) is 11.0 Å².